The smallest absolute Gasteiger partial charge is 0.337 e. The number of anilines is 1. The van der Waals surface area contributed by atoms with Crippen LogP contribution in [-0.2, 0) is 4.74 Å². The minimum Gasteiger partial charge on any atom is -0.473 e. The van der Waals surface area contributed by atoms with Crippen molar-refractivity contribution in [3.05, 3.63) is 36.0 Å². The number of methoxy groups -OCH3 is 1. The molecular weight excluding hydrogens is 322 g/mol. The predicted molar refractivity (Wildman–Crippen MR) is 92.1 cm³/mol. The van der Waals surface area contributed by atoms with Gasteiger partial charge in [0.25, 0.3) is 0 Å². The van der Waals surface area contributed by atoms with E-state index < -0.39 is 5.97 Å². The fourth-order valence-corrected chi connectivity index (χ4v) is 2.24. The zero-order valence-corrected chi connectivity index (χ0v) is 14.1. The number of ether oxygens (including phenoxy) is 2. The van der Waals surface area contributed by atoms with Crippen LogP contribution in [0.4, 0.5) is 5.95 Å². The summed E-state index contributed by atoms with van der Waals surface area (Å²) in [7, 11) is 1.34. The summed E-state index contributed by atoms with van der Waals surface area (Å²) < 4.78 is 10.4. The van der Waals surface area contributed by atoms with E-state index in [2.05, 4.69) is 19.9 Å². The first-order chi connectivity index (χ1) is 12.0. The molecule has 8 heteroatoms. The molecule has 0 spiro atoms. The second kappa shape index (κ2) is 6.68. The summed E-state index contributed by atoms with van der Waals surface area (Å²) in [6.45, 7) is 3.76. The van der Waals surface area contributed by atoms with Crippen LogP contribution in [0.2, 0.25) is 0 Å². The first-order valence-electron chi connectivity index (χ1n) is 7.63. The van der Waals surface area contributed by atoms with Crippen LogP contribution in [0.3, 0.4) is 0 Å². The van der Waals surface area contributed by atoms with Gasteiger partial charge in [-0.05, 0) is 26.0 Å². The molecule has 0 aliphatic rings. The molecule has 0 fully saturated rings. The SMILES string of the molecule is COC(=O)c1ccc(-c2cnc3nc(N)nc(OC(C)C)c3n2)cc1. The molecule has 0 aliphatic heterocycles. The zero-order valence-electron chi connectivity index (χ0n) is 14.1. The number of benzene rings is 1. The van der Waals surface area contributed by atoms with Crippen molar-refractivity contribution >= 4 is 23.1 Å². The zero-order chi connectivity index (χ0) is 18.0. The average molecular weight is 339 g/mol. The van der Waals surface area contributed by atoms with Crippen LogP contribution in [0.5, 0.6) is 5.88 Å². The van der Waals surface area contributed by atoms with Crippen molar-refractivity contribution in [3.63, 3.8) is 0 Å². The monoisotopic (exact) mass is 339 g/mol. The van der Waals surface area contributed by atoms with Gasteiger partial charge in [0, 0.05) is 5.56 Å². The summed E-state index contributed by atoms with van der Waals surface area (Å²) >= 11 is 0. The number of nitrogens with zero attached hydrogens (tertiary/aromatic N) is 4. The highest BCUT2D eigenvalue weighted by Crippen LogP contribution is 2.25. The van der Waals surface area contributed by atoms with Gasteiger partial charge in [0.1, 0.15) is 0 Å². The van der Waals surface area contributed by atoms with Crippen LogP contribution < -0.4 is 10.5 Å². The molecule has 0 unspecified atom stereocenters. The Morgan fingerprint density at radius 1 is 1.12 bits per heavy atom. The molecule has 3 aromatic rings. The van der Waals surface area contributed by atoms with E-state index >= 15 is 0 Å². The highest BCUT2D eigenvalue weighted by atomic mass is 16.5. The maximum Gasteiger partial charge on any atom is 0.337 e. The summed E-state index contributed by atoms with van der Waals surface area (Å²) in [6.07, 6.45) is 1.49. The fraction of sp³-hybridized carbons (Fsp3) is 0.235. The molecule has 1 aromatic carbocycles. The average Bonchev–Trinajstić information content (AvgIpc) is 2.60. The normalized spacial score (nSPS) is 10.9. The summed E-state index contributed by atoms with van der Waals surface area (Å²) in [4.78, 5) is 28.5. The third kappa shape index (κ3) is 3.47. The second-order valence-corrected chi connectivity index (χ2v) is 5.55. The largest absolute Gasteiger partial charge is 0.473 e. The van der Waals surface area contributed by atoms with E-state index in [9.17, 15) is 4.79 Å². The fourth-order valence-electron chi connectivity index (χ4n) is 2.24. The van der Waals surface area contributed by atoms with Gasteiger partial charge in [-0.3, -0.25) is 0 Å². The Morgan fingerprint density at radius 3 is 2.48 bits per heavy atom. The first-order valence-corrected chi connectivity index (χ1v) is 7.63. The van der Waals surface area contributed by atoms with Crippen LogP contribution >= 0.6 is 0 Å². The first kappa shape index (κ1) is 16.6. The Hall–Kier alpha value is -3.29. The van der Waals surface area contributed by atoms with Crippen LogP contribution in [0.15, 0.2) is 30.5 Å². The summed E-state index contributed by atoms with van der Waals surface area (Å²) in [5.41, 5.74) is 8.33. The van der Waals surface area contributed by atoms with E-state index in [0.29, 0.717) is 22.4 Å². The van der Waals surface area contributed by atoms with Crippen molar-refractivity contribution in [2.45, 2.75) is 20.0 Å². The van der Waals surface area contributed by atoms with E-state index in [4.69, 9.17) is 15.2 Å². The van der Waals surface area contributed by atoms with Crippen LogP contribution in [0.25, 0.3) is 22.4 Å². The lowest BCUT2D eigenvalue weighted by atomic mass is 10.1. The van der Waals surface area contributed by atoms with E-state index in [0.717, 1.165) is 5.56 Å². The van der Waals surface area contributed by atoms with Gasteiger partial charge in [-0.15, -0.1) is 0 Å². The van der Waals surface area contributed by atoms with Gasteiger partial charge in [0.15, 0.2) is 11.2 Å². The summed E-state index contributed by atoms with van der Waals surface area (Å²) in [5.74, 6) is -0.0293. The molecule has 2 heterocycles. The third-order valence-electron chi connectivity index (χ3n) is 3.34. The molecule has 25 heavy (non-hydrogen) atoms. The van der Waals surface area contributed by atoms with Crippen LogP contribution in [0.1, 0.15) is 24.2 Å². The molecule has 2 aromatic heterocycles. The molecule has 8 nitrogen and oxygen atoms in total. The van der Waals surface area contributed by atoms with Gasteiger partial charge in [-0.25, -0.2) is 14.8 Å². The van der Waals surface area contributed by atoms with Crippen molar-refractivity contribution in [3.8, 4) is 17.1 Å². The number of carbonyl (C=O) groups is 1. The Labute approximate surface area is 144 Å². The molecule has 0 radical (unpaired) electrons. The van der Waals surface area contributed by atoms with Crippen molar-refractivity contribution in [1.82, 2.24) is 19.9 Å². The number of esters is 1. The molecular formula is C17H17N5O3. The lowest BCUT2D eigenvalue weighted by molar-refractivity contribution is 0.0600. The Balaban J connectivity index is 2.05. The molecule has 0 atom stereocenters. The van der Waals surface area contributed by atoms with Crippen LogP contribution in [0, 0.1) is 0 Å². The van der Waals surface area contributed by atoms with Gasteiger partial charge in [0.05, 0.1) is 30.7 Å². The number of nitrogens with two attached hydrogens (primary N) is 1. The molecule has 128 valence electrons. The molecule has 0 aliphatic carbocycles. The van der Waals surface area contributed by atoms with Gasteiger partial charge < -0.3 is 15.2 Å². The van der Waals surface area contributed by atoms with Crippen molar-refractivity contribution in [1.29, 1.82) is 0 Å². The van der Waals surface area contributed by atoms with E-state index in [1.54, 1.807) is 30.5 Å². The van der Waals surface area contributed by atoms with Crippen LogP contribution in [-0.4, -0.2) is 39.1 Å². The standard InChI is InChI=1S/C17H17N5O3/c1-9(2)25-15-13-14(21-17(18)22-15)19-8-12(20-13)10-4-6-11(7-5-10)16(23)24-3/h4-9H,1-3H3,(H2,18,19,21,22). The van der Waals surface area contributed by atoms with Gasteiger partial charge in [-0.1, -0.05) is 12.1 Å². The second-order valence-electron chi connectivity index (χ2n) is 5.55. The van der Waals surface area contributed by atoms with Crippen molar-refractivity contribution < 1.29 is 14.3 Å². The number of hydrogen-bond donors (Lipinski definition) is 1. The Kier molecular flexibility index (Phi) is 4.42. The molecule has 0 bridgehead atoms. The van der Waals surface area contributed by atoms with Crippen molar-refractivity contribution in [2.75, 3.05) is 12.8 Å². The summed E-state index contributed by atoms with van der Waals surface area (Å²) in [5, 5.41) is 0. The van der Waals surface area contributed by atoms with E-state index in [-0.39, 0.29) is 17.9 Å². The highest BCUT2D eigenvalue weighted by molar-refractivity contribution is 5.90. The Bertz CT molecular complexity index is 925. The molecule has 0 saturated heterocycles. The molecule has 3 rings (SSSR count). The van der Waals surface area contributed by atoms with Gasteiger partial charge >= 0.3 is 5.97 Å². The predicted octanol–water partition coefficient (Wildman–Crippen LogP) is 2.24. The Morgan fingerprint density at radius 2 is 1.84 bits per heavy atom. The minimum atomic E-state index is -0.396. The number of fused-ring (bicyclic) bond motifs is 1. The summed E-state index contributed by atoms with van der Waals surface area (Å²) in [6, 6.07) is 6.86. The number of rotatable bonds is 4. The van der Waals surface area contributed by atoms with Crippen molar-refractivity contribution in [2.24, 2.45) is 0 Å². The molecule has 2 N–H and O–H groups in total. The number of aromatic nitrogens is 4. The molecule has 0 amide bonds. The lowest BCUT2D eigenvalue weighted by Gasteiger charge is -2.11. The topological polar surface area (TPSA) is 113 Å². The van der Waals surface area contributed by atoms with E-state index in [1.165, 1.54) is 7.11 Å². The quantitative estimate of drug-likeness (QED) is 0.720. The highest BCUT2D eigenvalue weighted by Gasteiger charge is 2.14. The number of carbonyl (C=O) groups excluding carboxylic acids is 1. The molecule has 0 saturated carbocycles. The van der Waals surface area contributed by atoms with Gasteiger partial charge in [-0.2, -0.15) is 9.97 Å². The minimum absolute atomic E-state index is 0.0765. The third-order valence-corrected chi connectivity index (χ3v) is 3.34. The number of hydrogen-bond acceptors (Lipinski definition) is 8. The maximum absolute atomic E-state index is 11.5. The lowest BCUT2D eigenvalue weighted by Crippen LogP contribution is -2.10. The maximum atomic E-state index is 11.5. The van der Waals surface area contributed by atoms with Gasteiger partial charge in [0.2, 0.25) is 11.8 Å². The number of nitrogen functional groups attached to an aromatic ring is 1. The van der Waals surface area contributed by atoms with E-state index in [1.807, 2.05) is 13.8 Å².